The van der Waals surface area contributed by atoms with Gasteiger partial charge in [-0.3, -0.25) is 0 Å². The first-order valence-electron chi connectivity index (χ1n) is 7.11. The Morgan fingerprint density at radius 3 is 2.52 bits per heavy atom. The molecule has 2 N–H and O–H groups in total. The van der Waals surface area contributed by atoms with Crippen LogP contribution in [0.15, 0.2) is 42.5 Å². The van der Waals surface area contributed by atoms with Gasteiger partial charge in [0.25, 0.3) is 0 Å². The number of rotatable bonds is 4. The fraction of sp³-hybridized carbons (Fsp3) is 0.176. The second kappa shape index (κ2) is 7.69. The second-order valence-corrected chi connectivity index (χ2v) is 5.25. The molecule has 0 spiro atoms. The zero-order chi connectivity index (χ0) is 16.8. The van der Waals surface area contributed by atoms with Crippen LogP contribution in [0.3, 0.4) is 0 Å². The van der Waals surface area contributed by atoms with Crippen molar-refractivity contribution in [3.05, 3.63) is 59.4 Å². The zero-order valence-electron chi connectivity index (χ0n) is 12.9. The molecule has 0 heterocycles. The van der Waals surface area contributed by atoms with Gasteiger partial charge in [-0.15, -0.1) is 0 Å². The van der Waals surface area contributed by atoms with E-state index in [-0.39, 0.29) is 11.8 Å². The van der Waals surface area contributed by atoms with Crippen molar-refractivity contribution in [2.45, 2.75) is 13.8 Å². The first-order chi connectivity index (χ1) is 11.0. The number of ether oxygens (including phenoxy) is 1. The number of hydrogen-bond donors (Lipinski definition) is 2. The average Bonchev–Trinajstić information content (AvgIpc) is 2.51. The number of halogens is 1. The van der Waals surface area contributed by atoms with Gasteiger partial charge in [-0.05, 0) is 68.0 Å². The minimum atomic E-state index is -0.385. The summed E-state index contributed by atoms with van der Waals surface area (Å²) in [5, 5.41) is 6.29. The van der Waals surface area contributed by atoms with Crippen LogP contribution in [-0.4, -0.2) is 17.7 Å². The molecule has 0 saturated carbocycles. The van der Waals surface area contributed by atoms with Crippen molar-refractivity contribution in [2.24, 2.45) is 0 Å². The molecule has 0 aliphatic carbocycles. The summed E-state index contributed by atoms with van der Waals surface area (Å²) in [5.74, 6) is -0.652. The first kappa shape index (κ1) is 16.9. The number of thiocarbonyl (C=S) groups is 1. The van der Waals surface area contributed by atoms with Crippen LogP contribution in [0.2, 0.25) is 0 Å². The molecule has 120 valence electrons. The normalized spacial score (nSPS) is 10.0. The number of carbonyl (C=O) groups is 1. The topological polar surface area (TPSA) is 50.4 Å². The van der Waals surface area contributed by atoms with E-state index in [1.165, 1.54) is 6.07 Å². The van der Waals surface area contributed by atoms with E-state index < -0.39 is 0 Å². The minimum absolute atomic E-state index is 0.267. The molecule has 0 aromatic heterocycles. The Kier molecular flexibility index (Phi) is 5.65. The summed E-state index contributed by atoms with van der Waals surface area (Å²) in [6.45, 7) is 3.75. The lowest BCUT2D eigenvalue weighted by molar-refractivity contribution is 0.0526. The number of esters is 1. The van der Waals surface area contributed by atoms with Crippen LogP contribution in [0.5, 0.6) is 0 Å². The van der Waals surface area contributed by atoms with Crippen LogP contribution in [0.25, 0.3) is 0 Å². The standard InChI is InChI=1S/C17H17FN2O2S/c1-3-22-16(21)12-5-4-6-13(10-12)19-17(23)20-14-7-8-15(18)11(2)9-14/h4-10H,3H2,1-2H3,(H2,19,20,23). The molecule has 0 aliphatic rings. The third kappa shape index (κ3) is 4.75. The van der Waals surface area contributed by atoms with Gasteiger partial charge in [-0.2, -0.15) is 0 Å². The number of aryl methyl sites for hydroxylation is 1. The van der Waals surface area contributed by atoms with E-state index in [0.717, 1.165) is 0 Å². The number of carbonyl (C=O) groups excluding carboxylic acids is 1. The fourth-order valence-corrected chi connectivity index (χ4v) is 2.19. The highest BCUT2D eigenvalue weighted by atomic mass is 32.1. The number of nitrogens with one attached hydrogen (secondary N) is 2. The summed E-state index contributed by atoms with van der Waals surface area (Å²) in [6.07, 6.45) is 0. The quantitative estimate of drug-likeness (QED) is 0.651. The van der Waals surface area contributed by atoms with Gasteiger partial charge in [0.1, 0.15) is 5.82 Å². The second-order valence-electron chi connectivity index (χ2n) is 4.84. The van der Waals surface area contributed by atoms with Crippen LogP contribution in [-0.2, 0) is 4.74 Å². The summed E-state index contributed by atoms with van der Waals surface area (Å²) in [6, 6.07) is 11.5. The predicted molar refractivity (Wildman–Crippen MR) is 93.4 cm³/mol. The van der Waals surface area contributed by atoms with Gasteiger partial charge in [0.2, 0.25) is 0 Å². The summed E-state index contributed by atoms with van der Waals surface area (Å²) >= 11 is 5.22. The summed E-state index contributed by atoms with van der Waals surface area (Å²) in [4.78, 5) is 11.7. The van der Waals surface area contributed by atoms with Crippen molar-refractivity contribution < 1.29 is 13.9 Å². The molecule has 0 amide bonds. The largest absolute Gasteiger partial charge is 0.462 e. The number of hydrogen-bond acceptors (Lipinski definition) is 3. The molecule has 0 unspecified atom stereocenters. The molecule has 2 aromatic carbocycles. The molecule has 6 heteroatoms. The molecule has 2 aromatic rings. The minimum Gasteiger partial charge on any atom is -0.462 e. The summed E-state index contributed by atoms with van der Waals surface area (Å²) in [5.41, 5.74) is 2.31. The van der Waals surface area contributed by atoms with Gasteiger partial charge in [-0.1, -0.05) is 6.07 Å². The zero-order valence-corrected chi connectivity index (χ0v) is 13.7. The van der Waals surface area contributed by atoms with Crippen LogP contribution in [0.4, 0.5) is 15.8 Å². The molecule has 23 heavy (non-hydrogen) atoms. The Morgan fingerprint density at radius 1 is 1.17 bits per heavy atom. The Morgan fingerprint density at radius 2 is 1.87 bits per heavy atom. The van der Waals surface area contributed by atoms with Crippen LogP contribution in [0.1, 0.15) is 22.8 Å². The van der Waals surface area contributed by atoms with E-state index >= 15 is 0 Å². The molecule has 0 bridgehead atoms. The van der Waals surface area contributed by atoms with Crippen molar-refractivity contribution in [2.75, 3.05) is 17.2 Å². The lowest BCUT2D eigenvalue weighted by Gasteiger charge is -2.12. The van der Waals surface area contributed by atoms with Gasteiger partial charge in [-0.25, -0.2) is 9.18 Å². The van der Waals surface area contributed by atoms with E-state index in [0.29, 0.717) is 34.2 Å². The van der Waals surface area contributed by atoms with Crippen LogP contribution in [0, 0.1) is 12.7 Å². The SMILES string of the molecule is CCOC(=O)c1cccc(NC(=S)Nc2ccc(F)c(C)c2)c1. The van der Waals surface area contributed by atoms with Gasteiger partial charge in [0, 0.05) is 11.4 Å². The van der Waals surface area contributed by atoms with E-state index in [2.05, 4.69) is 10.6 Å². The van der Waals surface area contributed by atoms with Crippen molar-refractivity contribution in [3.63, 3.8) is 0 Å². The maximum atomic E-state index is 13.2. The van der Waals surface area contributed by atoms with Gasteiger partial charge >= 0.3 is 5.97 Å². The third-order valence-electron chi connectivity index (χ3n) is 3.05. The lowest BCUT2D eigenvalue weighted by atomic mass is 10.2. The first-order valence-corrected chi connectivity index (χ1v) is 7.51. The lowest BCUT2D eigenvalue weighted by Crippen LogP contribution is -2.19. The number of anilines is 2. The molecule has 2 rings (SSSR count). The van der Waals surface area contributed by atoms with Crippen molar-refractivity contribution >= 4 is 34.7 Å². The monoisotopic (exact) mass is 332 g/mol. The van der Waals surface area contributed by atoms with Gasteiger partial charge in [0.05, 0.1) is 12.2 Å². The third-order valence-corrected chi connectivity index (χ3v) is 3.25. The molecular weight excluding hydrogens is 315 g/mol. The summed E-state index contributed by atoms with van der Waals surface area (Å²) in [7, 11) is 0. The van der Waals surface area contributed by atoms with Crippen LogP contribution >= 0.6 is 12.2 Å². The Hall–Kier alpha value is -2.47. The average molecular weight is 332 g/mol. The Labute approximate surface area is 139 Å². The highest BCUT2D eigenvalue weighted by Gasteiger charge is 2.08. The van der Waals surface area contributed by atoms with Crippen molar-refractivity contribution in [1.29, 1.82) is 0 Å². The highest BCUT2D eigenvalue weighted by molar-refractivity contribution is 7.80. The maximum Gasteiger partial charge on any atom is 0.338 e. The van der Waals surface area contributed by atoms with Gasteiger partial charge in [0.15, 0.2) is 5.11 Å². The van der Waals surface area contributed by atoms with E-state index in [4.69, 9.17) is 17.0 Å². The number of benzene rings is 2. The summed E-state index contributed by atoms with van der Waals surface area (Å²) < 4.78 is 18.2. The molecule has 0 aliphatic heterocycles. The molecule has 0 atom stereocenters. The smallest absolute Gasteiger partial charge is 0.338 e. The Balaban J connectivity index is 2.03. The maximum absolute atomic E-state index is 13.2. The highest BCUT2D eigenvalue weighted by Crippen LogP contribution is 2.15. The fourth-order valence-electron chi connectivity index (χ4n) is 1.95. The molecule has 4 nitrogen and oxygen atoms in total. The van der Waals surface area contributed by atoms with Crippen molar-refractivity contribution in [3.8, 4) is 0 Å². The van der Waals surface area contributed by atoms with Gasteiger partial charge < -0.3 is 15.4 Å². The molecule has 0 fully saturated rings. The van der Waals surface area contributed by atoms with E-state index in [1.807, 2.05) is 0 Å². The predicted octanol–water partition coefficient (Wildman–Crippen LogP) is 4.12. The Bertz CT molecular complexity index is 734. The molecular formula is C17H17FN2O2S. The molecule has 0 saturated heterocycles. The molecule has 0 radical (unpaired) electrons. The van der Waals surface area contributed by atoms with E-state index in [1.54, 1.807) is 50.2 Å². The van der Waals surface area contributed by atoms with Crippen molar-refractivity contribution in [1.82, 2.24) is 0 Å². The van der Waals surface area contributed by atoms with E-state index in [9.17, 15) is 9.18 Å². The van der Waals surface area contributed by atoms with Crippen LogP contribution < -0.4 is 10.6 Å².